The van der Waals surface area contributed by atoms with Crippen LogP contribution in [-0.2, 0) is 14.6 Å². The lowest BCUT2D eigenvalue weighted by Crippen LogP contribution is -2.56. The highest BCUT2D eigenvalue weighted by Crippen LogP contribution is 2.15. The van der Waals surface area contributed by atoms with Crippen LogP contribution in [0.5, 0.6) is 0 Å². The molecule has 0 aromatic carbocycles. The van der Waals surface area contributed by atoms with Crippen molar-refractivity contribution in [2.75, 3.05) is 44.4 Å². The molecule has 0 aromatic heterocycles. The van der Waals surface area contributed by atoms with E-state index in [0.29, 0.717) is 0 Å². The van der Waals surface area contributed by atoms with Gasteiger partial charge in [0.2, 0.25) is 0 Å². The van der Waals surface area contributed by atoms with Crippen molar-refractivity contribution in [2.24, 2.45) is 0 Å². The van der Waals surface area contributed by atoms with Gasteiger partial charge in [0, 0.05) is 37.0 Å². The van der Waals surface area contributed by atoms with Crippen LogP contribution in [-0.4, -0.2) is 69.3 Å². The van der Waals surface area contributed by atoms with Gasteiger partial charge in [-0.2, -0.15) is 0 Å². The average Bonchev–Trinajstić information content (AvgIpc) is 2.37. The Bertz CT molecular complexity index is 362. The van der Waals surface area contributed by atoms with Crippen LogP contribution in [0.2, 0.25) is 0 Å². The summed E-state index contributed by atoms with van der Waals surface area (Å²) in [4.78, 5) is 2.39. The predicted octanol–water partition coefficient (Wildman–Crippen LogP) is 0.510. The van der Waals surface area contributed by atoms with Crippen LogP contribution in [0.3, 0.4) is 0 Å². The molecule has 1 aliphatic rings. The Balaban J connectivity index is 2.41. The number of hydrogen-bond acceptors (Lipinski definition) is 5. The average molecular weight is 292 g/mol. The molecule has 6 heteroatoms. The molecule has 1 N–H and O–H groups in total. The number of nitrogens with zero attached hydrogens (tertiary/aromatic N) is 1. The van der Waals surface area contributed by atoms with E-state index in [4.69, 9.17) is 4.74 Å². The Hall–Kier alpha value is -0.170. The third kappa shape index (κ3) is 5.77. The van der Waals surface area contributed by atoms with E-state index < -0.39 is 9.84 Å². The van der Waals surface area contributed by atoms with E-state index in [9.17, 15) is 8.42 Å². The highest BCUT2D eigenvalue weighted by atomic mass is 32.2. The van der Waals surface area contributed by atoms with Gasteiger partial charge in [0.05, 0.1) is 19.0 Å². The van der Waals surface area contributed by atoms with Gasteiger partial charge in [0.15, 0.2) is 9.84 Å². The number of rotatable bonds is 7. The summed E-state index contributed by atoms with van der Waals surface area (Å²) in [5.74, 6) is 0.425. The van der Waals surface area contributed by atoms with Gasteiger partial charge in [-0.3, -0.25) is 4.90 Å². The maximum Gasteiger partial charge on any atom is 0.151 e. The zero-order valence-electron chi connectivity index (χ0n) is 12.6. The molecular formula is C13H28N2O3S. The minimum absolute atomic E-state index is 0.00901. The molecule has 0 aliphatic carbocycles. The second-order valence-electron chi connectivity index (χ2n) is 5.89. The van der Waals surface area contributed by atoms with E-state index in [-0.39, 0.29) is 23.1 Å². The number of morpholine rings is 1. The van der Waals surface area contributed by atoms with Crippen molar-refractivity contribution >= 4 is 9.84 Å². The zero-order chi connectivity index (χ0) is 14.5. The van der Waals surface area contributed by atoms with Gasteiger partial charge in [-0.05, 0) is 20.8 Å². The van der Waals surface area contributed by atoms with E-state index in [1.54, 1.807) is 6.92 Å². The van der Waals surface area contributed by atoms with Gasteiger partial charge in [0.1, 0.15) is 0 Å². The molecule has 1 saturated heterocycles. The Kier molecular flexibility index (Phi) is 6.23. The van der Waals surface area contributed by atoms with Crippen LogP contribution in [0.15, 0.2) is 0 Å². The molecule has 0 radical (unpaired) electrons. The third-order valence-corrected chi connectivity index (χ3v) is 5.58. The van der Waals surface area contributed by atoms with E-state index in [1.807, 2.05) is 6.92 Å². The molecular weight excluding hydrogens is 264 g/mol. The third-order valence-electron chi connectivity index (χ3n) is 3.69. The molecule has 0 spiro atoms. The van der Waals surface area contributed by atoms with Crippen LogP contribution in [0.4, 0.5) is 0 Å². The molecule has 0 amide bonds. The van der Waals surface area contributed by atoms with Gasteiger partial charge in [-0.25, -0.2) is 8.42 Å². The topological polar surface area (TPSA) is 58.6 Å². The van der Waals surface area contributed by atoms with Crippen LogP contribution in [0.1, 0.15) is 27.7 Å². The van der Waals surface area contributed by atoms with E-state index >= 15 is 0 Å². The lowest BCUT2D eigenvalue weighted by molar-refractivity contribution is -0.0100. The summed E-state index contributed by atoms with van der Waals surface area (Å²) in [6.45, 7) is 12.2. The van der Waals surface area contributed by atoms with E-state index in [1.165, 1.54) is 0 Å². The maximum atomic E-state index is 11.6. The van der Waals surface area contributed by atoms with Gasteiger partial charge >= 0.3 is 0 Å². The van der Waals surface area contributed by atoms with Gasteiger partial charge in [-0.1, -0.05) is 6.92 Å². The standard InChI is InChI=1S/C13H28N2O3S/c1-5-19(16,17)10-12(2)14-11-13(3,4)15-6-8-18-9-7-15/h12,14H,5-11H2,1-4H3. The van der Waals surface area contributed by atoms with E-state index in [0.717, 1.165) is 32.8 Å². The minimum Gasteiger partial charge on any atom is -0.379 e. The van der Waals surface area contributed by atoms with Crippen molar-refractivity contribution in [3.63, 3.8) is 0 Å². The summed E-state index contributed by atoms with van der Waals surface area (Å²) in [7, 11) is -2.91. The molecule has 19 heavy (non-hydrogen) atoms. The molecule has 1 aliphatic heterocycles. The summed E-state index contributed by atoms with van der Waals surface area (Å²) in [6.07, 6.45) is 0. The second-order valence-corrected chi connectivity index (χ2v) is 8.29. The number of nitrogens with one attached hydrogen (secondary N) is 1. The fourth-order valence-corrected chi connectivity index (χ4v) is 3.38. The fraction of sp³-hybridized carbons (Fsp3) is 1.00. The summed E-state index contributed by atoms with van der Waals surface area (Å²) in [6, 6.07) is -0.00901. The molecule has 0 saturated carbocycles. The lowest BCUT2D eigenvalue weighted by Gasteiger charge is -2.41. The number of ether oxygens (including phenoxy) is 1. The highest BCUT2D eigenvalue weighted by molar-refractivity contribution is 7.91. The summed E-state index contributed by atoms with van der Waals surface area (Å²) < 4.78 is 28.5. The van der Waals surface area contributed by atoms with Crippen molar-refractivity contribution in [3.05, 3.63) is 0 Å². The van der Waals surface area contributed by atoms with Crippen molar-refractivity contribution in [3.8, 4) is 0 Å². The molecule has 1 unspecified atom stereocenters. The number of sulfone groups is 1. The van der Waals surface area contributed by atoms with Gasteiger partial charge < -0.3 is 10.1 Å². The maximum absolute atomic E-state index is 11.6. The second kappa shape index (κ2) is 7.02. The van der Waals surface area contributed by atoms with Gasteiger partial charge in [0.25, 0.3) is 0 Å². The van der Waals surface area contributed by atoms with Gasteiger partial charge in [-0.15, -0.1) is 0 Å². The molecule has 1 rings (SSSR count). The Morgan fingerprint density at radius 2 is 1.89 bits per heavy atom. The summed E-state index contributed by atoms with van der Waals surface area (Å²) >= 11 is 0. The largest absolute Gasteiger partial charge is 0.379 e. The normalized spacial score (nSPS) is 20.4. The summed E-state index contributed by atoms with van der Waals surface area (Å²) in [5.41, 5.74) is 0.0218. The molecule has 1 atom stereocenters. The quantitative estimate of drug-likeness (QED) is 0.741. The SMILES string of the molecule is CCS(=O)(=O)CC(C)NCC(C)(C)N1CCOCC1. The first kappa shape index (κ1) is 16.9. The Morgan fingerprint density at radius 1 is 1.32 bits per heavy atom. The van der Waals surface area contributed by atoms with Crippen molar-refractivity contribution in [1.82, 2.24) is 10.2 Å². The fourth-order valence-electron chi connectivity index (χ4n) is 2.26. The van der Waals surface area contributed by atoms with Crippen LogP contribution < -0.4 is 5.32 Å². The highest BCUT2D eigenvalue weighted by Gasteiger charge is 2.28. The first-order valence-corrected chi connectivity index (χ1v) is 8.85. The van der Waals surface area contributed by atoms with Crippen LogP contribution >= 0.6 is 0 Å². The zero-order valence-corrected chi connectivity index (χ0v) is 13.4. The van der Waals surface area contributed by atoms with Crippen LogP contribution in [0, 0.1) is 0 Å². The molecule has 5 nitrogen and oxygen atoms in total. The number of hydrogen-bond donors (Lipinski definition) is 1. The van der Waals surface area contributed by atoms with Crippen molar-refractivity contribution in [1.29, 1.82) is 0 Å². The molecule has 114 valence electrons. The van der Waals surface area contributed by atoms with Crippen molar-refractivity contribution < 1.29 is 13.2 Å². The van der Waals surface area contributed by atoms with E-state index in [2.05, 4.69) is 24.1 Å². The Labute approximate surface area is 117 Å². The smallest absolute Gasteiger partial charge is 0.151 e. The molecule has 0 bridgehead atoms. The predicted molar refractivity (Wildman–Crippen MR) is 78.3 cm³/mol. The monoisotopic (exact) mass is 292 g/mol. The lowest BCUT2D eigenvalue weighted by atomic mass is 10.0. The first-order chi connectivity index (χ1) is 8.77. The molecule has 1 fully saturated rings. The van der Waals surface area contributed by atoms with Crippen LogP contribution in [0.25, 0.3) is 0 Å². The van der Waals surface area contributed by atoms with Crippen molar-refractivity contribution in [2.45, 2.75) is 39.3 Å². The minimum atomic E-state index is -2.91. The Morgan fingerprint density at radius 3 is 2.42 bits per heavy atom. The molecule has 1 heterocycles. The summed E-state index contributed by atoms with van der Waals surface area (Å²) in [5, 5.41) is 3.35. The molecule has 0 aromatic rings. The first-order valence-electron chi connectivity index (χ1n) is 7.03.